The first-order chi connectivity index (χ1) is 23.4. The first kappa shape index (κ1) is 35.9. The zero-order chi connectivity index (χ0) is 35.5. The molecule has 0 saturated carbocycles. The molecule has 2 heterocycles. The van der Waals surface area contributed by atoms with Crippen molar-refractivity contribution < 1.29 is 29.1 Å². The maximum atomic E-state index is 13.9. The fraction of sp³-hybridized carbons (Fsp3) is 0.333. The Morgan fingerprint density at radius 1 is 0.714 bits per heavy atom. The predicted octanol–water partition coefficient (Wildman–Crippen LogP) is -0.380. The third-order valence-electron chi connectivity index (χ3n) is 8.06. The molecule has 0 radical (unpaired) electrons. The molecule has 49 heavy (non-hydrogen) atoms. The van der Waals surface area contributed by atoms with E-state index < -0.39 is 53.8 Å². The van der Waals surface area contributed by atoms with Gasteiger partial charge >= 0.3 is 5.97 Å². The maximum absolute atomic E-state index is 13.9. The van der Waals surface area contributed by atoms with Crippen molar-refractivity contribution in [1.29, 1.82) is 0 Å². The lowest BCUT2D eigenvalue weighted by Crippen LogP contribution is -2.57. The molecule has 4 unspecified atom stereocenters. The van der Waals surface area contributed by atoms with Crippen LogP contribution < -0.4 is 38.9 Å². The van der Waals surface area contributed by atoms with Crippen molar-refractivity contribution in [1.82, 2.24) is 25.9 Å². The Labute approximate surface area is 281 Å². The van der Waals surface area contributed by atoms with Crippen LogP contribution in [0, 0.1) is 0 Å². The van der Waals surface area contributed by atoms with Gasteiger partial charge in [0.05, 0.1) is 6.04 Å². The molecule has 2 aromatic carbocycles. The van der Waals surface area contributed by atoms with Gasteiger partial charge in [-0.2, -0.15) is 0 Å². The highest BCUT2D eigenvalue weighted by Gasteiger charge is 2.31. The minimum atomic E-state index is -1.33. The molecule has 260 valence electrons. The molecule has 0 fully saturated rings. The average molecular weight is 675 g/mol. The summed E-state index contributed by atoms with van der Waals surface area (Å²) in [4.78, 5) is 74.3. The second kappa shape index (κ2) is 16.8. The number of aliphatic carboxylic acids is 1. The lowest BCUT2D eigenvalue weighted by atomic mass is 10.0. The number of carboxylic acid groups (broad SMARTS) is 1. The fourth-order valence-corrected chi connectivity index (χ4v) is 5.47. The van der Waals surface area contributed by atoms with E-state index in [1.807, 2.05) is 48.5 Å². The summed E-state index contributed by atoms with van der Waals surface area (Å²) in [6.45, 7) is 0.143. The van der Waals surface area contributed by atoms with Crippen LogP contribution in [0.4, 0.5) is 0 Å². The quantitative estimate of drug-likeness (QED) is 0.0373. The van der Waals surface area contributed by atoms with Crippen LogP contribution in [-0.2, 0) is 36.8 Å². The molecule has 0 aliphatic rings. The van der Waals surface area contributed by atoms with Crippen LogP contribution in [-0.4, -0.2) is 81.3 Å². The summed E-state index contributed by atoms with van der Waals surface area (Å²) < 4.78 is 0. The van der Waals surface area contributed by atoms with Gasteiger partial charge < -0.3 is 54.0 Å². The lowest BCUT2D eigenvalue weighted by Gasteiger charge is -2.25. The van der Waals surface area contributed by atoms with Crippen LogP contribution in [0.15, 0.2) is 65.9 Å². The number of fused-ring (bicyclic) bond motifs is 2. The molecular weight excluding hydrogens is 632 g/mol. The molecule has 0 bridgehead atoms. The Balaban J connectivity index is 1.56. The van der Waals surface area contributed by atoms with E-state index in [9.17, 15) is 29.1 Å². The summed E-state index contributed by atoms with van der Waals surface area (Å²) in [6.07, 6.45) is 3.53. The number of rotatable bonds is 18. The number of benzene rings is 2. The van der Waals surface area contributed by atoms with Gasteiger partial charge in [-0.05, 0) is 42.5 Å². The van der Waals surface area contributed by atoms with Crippen LogP contribution in [0.25, 0.3) is 21.8 Å². The van der Waals surface area contributed by atoms with Gasteiger partial charge in [-0.3, -0.25) is 24.2 Å². The van der Waals surface area contributed by atoms with Crippen molar-refractivity contribution >= 4 is 57.4 Å². The standard InChI is InChI=1S/C33H42N10O6/c34-22(11-12-28(35)44)29(45)42-26(14-18-16-39-23-8-3-1-6-20(18)23)31(47)41-25(10-5-13-38-33(36)37)30(46)43-27(32(48)49)15-19-17-40-24-9-4-2-7-21(19)24/h1-4,6-9,16-17,22,25-27,39-40H,5,10-15,34H2,(H2,35,44)(H,41,47)(H,42,45)(H,43,46)(H,48,49)(H4,36,37,38). The predicted molar refractivity (Wildman–Crippen MR) is 184 cm³/mol. The van der Waals surface area contributed by atoms with E-state index in [4.69, 9.17) is 22.9 Å². The van der Waals surface area contributed by atoms with Crippen molar-refractivity contribution in [3.8, 4) is 0 Å². The van der Waals surface area contributed by atoms with Crippen LogP contribution >= 0.6 is 0 Å². The van der Waals surface area contributed by atoms with E-state index in [1.54, 1.807) is 12.4 Å². The van der Waals surface area contributed by atoms with Gasteiger partial charge in [0.2, 0.25) is 23.6 Å². The van der Waals surface area contributed by atoms with E-state index >= 15 is 0 Å². The van der Waals surface area contributed by atoms with Crippen molar-refractivity contribution in [2.24, 2.45) is 27.9 Å². The number of hydrogen-bond acceptors (Lipinski definition) is 7. The minimum absolute atomic E-state index is 0.0186. The molecule has 0 aliphatic carbocycles. The number of H-pyrrole nitrogens is 2. The molecule has 16 heteroatoms. The van der Waals surface area contributed by atoms with E-state index in [0.29, 0.717) is 11.1 Å². The van der Waals surface area contributed by atoms with Gasteiger partial charge in [-0.1, -0.05) is 36.4 Å². The molecule has 4 atom stereocenters. The molecule has 0 spiro atoms. The lowest BCUT2D eigenvalue weighted by molar-refractivity contribution is -0.142. The van der Waals surface area contributed by atoms with E-state index in [0.717, 1.165) is 21.8 Å². The molecule has 4 amide bonds. The number of para-hydroxylation sites is 2. The monoisotopic (exact) mass is 674 g/mol. The number of amides is 4. The second-order valence-electron chi connectivity index (χ2n) is 11.7. The summed E-state index contributed by atoms with van der Waals surface area (Å²) in [7, 11) is 0. The number of carbonyl (C=O) groups excluding carboxylic acids is 4. The molecule has 14 N–H and O–H groups in total. The number of aliphatic imine (C=N–C) groups is 1. The number of nitrogens with zero attached hydrogens (tertiary/aromatic N) is 1. The van der Waals surface area contributed by atoms with Crippen molar-refractivity contribution in [3.63, 3.8) is 0 Å². The first-order valence-electron chi connectivity index (χ1n) is 15.8. The number of primary amides is 1. The number of aromatic amines is 2. The highest BCUT2D eigenvalue weighted by atomic mass is 16.4. The van der Waals surface area contributed by atoms with Gasteiger partial charge in [0.1, 0.15) is 18.1 Å². The Morgan fingerprint density at radius 3 is 1.78 bits per heavy atom. The number of carboxylic acids is 1. The summed E-state index contributed by atoms with van der Waals surface area (Å²) in [5, 5.41) is 19.6. The van der Waals surface area contributed by atoms with E-state index in [1.165, 1.54) is 0 Å². The Morgan fingerprint density at radius 2 is 1.22 bits per heavy atom. The molecular formula is C33H42N10O6. The highest BCUT2D eigenvalue weighted by molar-refractivity contribution is 5.95. The van der Waals surface area contributed by atoms with Gasteiger partial charge in [-0.15, -0.1) is 0 Å². The topological polar surface area (TPSA) is 290 Å². The minimum Gasteiger partial charge on any atom is -0.480 e. The van der Waals surface area contributed by atoms with Crippen molar-refractivity contribution in [3.05, 3.63) is 72.1 Å². The Hall–Kier alpha value is -5.90. The van der Waals surface area contributed by atoms with Crippen LogP contribution in [0.5, 0.6) is 0 Å². The summed E-state index contributed by atoms with van der Waals surface area (Å²) in [5.74, 6) is -4.20. The maximum Gasteiger partial charge on any atom is 0.326 e. The summed E-state index contributed by atoms with van der Waals surface area (Å²) >= 11 is 0. The molecule has 0 saturated heterocycles. The van der Waals surface area contributed by atoms with Crippen LogP contribution in [0.1, 0.15) is 36.8 Å². The average Bonchev–Trinajstić information content (AvgIpc) is 3.67. The molecule has 0 aliphatic heterocycles. The smallest absolute Gasteiger partial charge is 0.326 e. The molecule has 4 rings (SSSR count). The van der Waals surface area contributed by atoms with Crippen molar-refractivity contribution in [2.75, 3.05) is 6.54 Å². The zero-order valence-corrected chi connectivity index (χ0v) is 26.8. The van der Waals surface area contributed by atoms with Crippen LogP contribution in [0.3, 0.4) is 0 Å². The summed E-state index contributed by atoms with van der Waals surface area (Å²) in [5.41, 5.74) is 25.1. The van der Waals surface area contributed by atoms with E-state index in [-0.39, 0.29) is 51.0 Å². The number of nitrogens with two attached hydrogens (primary N) is 4. The van der Waals surface area contributed by atoms with Gasteiger partial charge in [-0.25, -0.2) is 4.79 Å². The number of hydrogen-bond donors (Lipinski definition) is 10. The van der Waals surface area contributed by atoms with Crippen molar-refractivity contribution in [2.45, 2.75) is 62.7 Å². The highest BCUT2D eigenvalue weighted by Crippen LogP contribution is 2.21. The normalized spacial score (nSPS) is 13.6. The fourth-order valence-electron chi connectivity index (χ4n) is 5.47. The number of aromatic nitrogens is 2. The van der Waals surface area contributed by atoms with Gasteiger partial charge in [0.25, 0.3) is 0 Å². The summed E-state index contributed by atoms with van der Waals surface area (Å²) in [6, 6.07) is 9.87. The number of carbonyl (C=O) groups is 5. The largest absolute Gasteiger partial charge is 0.480 e. The Bertz CT molecular complexity index is 1830. The zero-order valence-electron chi connectivity index (χ0n) is 26.8. The second-order valence-corrected chi connectivity index (χ2v) is 11.7. The number of nitrogens with one attached hydrogen (secondary N) is 5. The Kier molecular flexibility index (Phi) is 12.3. The van der Waals surface area contributed by atoms with E-state index in [2.05, 4.69) is 30.9 Å². The molecule has 16 nitrogen and oxygen atoms in total. The third-order valence-corrected chi connectivity index (χ3v) is 8.06. The van der Waals surface area contributed by atoms with Gasteiger partial charge in [0.15, 0.2) is 5.96 Å². The SMILES string of the molecule is NC(=O)CCC(N)C(=O)NC(Cc1c[nH]c2ccccc12)C(=O)NC(CCCN=C(N)N)C(=O)NC(Cc1c[nH]c2ccccc12)C(=O)O. The van der Waals surface area contributed by atoms with Crippen LogP contribution in [0.2, 0.25) is 0 Å². The first-order valence-corrected chi connectivity index (χ1v) is 15.8. The molecule has 4 aromatic rings. The third kappa shape index (κ3) is 10.0. The number of guanidine groups is 1. The molecule has 2 aromatic heterocycles. The van der Waals surface area contributed by atoms with Gasteiger partial charge in [0, 0.05) is 60.0 Å².